The zero-order valence-corrected chi connectivity index (χ0v) is 20.1. The van der Waals surface area contributed by atoms with E-state index in [1.807, 2.05) is 31.5 Å². The number of aryl methyl sites for hydroxylation is 2. The van der Waals surface area contributed by atoms with Gasteiger partial charge in [-0.3, -0.25) is 14.0 Å². The van der Waals surface area contributed by atoms with Crippen LogP contribution in [0.3, 0.4) is 0 Å². The summed E-state index contributed by atoms with van der Waals surface area (Å²) in [4.78, 5) is 31.6. The van der Waals surface area contributed by atoms with E-state index in [4.69, 9.17) is 4.74 Å². The standard InChI is InChI=1S/C24H26N4O4S/c1-6-27-15(5)18(13(3)26-27)12-19-22(30)28-21(16-8-10-17(29)11-9-16)20(23(31)32-7-2)14(4)25-24(28)33-19/h8-12,21,29H,6-7H2,1-5H3/b19-12-. The minimum atomic E-state index is -0.705. The number of carbonyl (C=O) groups is 1. The molecule has 172 valence electrons. The highest BCUT2D eigenvalue weighted by atomic mass is 32.1. The summed E-state index contributed by atoms with van der Waals surface area (Å²) in [6.45, 7) is 10.4. The number of hydrogen-bond donors (Lipinski definition) is 1. The van der Waals surface area contributed by atoms with Crippen LogP contribution in [-0.4, -0.2) is 32.0 Å². The van der Waals surface area contributed by atoms with E-state index in [1.54, 1.807) is 26.0 Å². The lowest BCUT2D eigenvalue weighted by atomic mass is 9.96. The monoisotopic (exact) mass is 466 g/mol. The second kappa shape index (κ2) is 8.82. The molecular weight excluding hydrogens is 440 g/mol. The van der Waals surface area contributed by atoms with Crippen molar-refractivity contribution in [1.82, 2.24) is 14.3 Å². The molecule has 9 heteroatoms. The van der Waals surface area contributed by atoms with E-state index < -0.39 is 12.0 Å². The molecule has 1 N–H and O–H groups in total. The summed E-state index contributed by atoms with van der Waals surface area (Å²) < 4.78 is 9.25. The minimum Gasteiger partial charge on any atom is -0.508 e. The molecule has 1 atom stereocenters. The number of phenols is 1. The number of aromatic hydroxyl groups is 1. The van der Waals surface area contributed by atoms with Crippen LogP contribution in [0.25, 0.3) is 6.08 Å². The molecule has 0 bridgehead atoms. The number of nitrogens with zero attached hydrogens (tertiary/aromatic N) is 4. The van der Waals surface area contributed by atoms with E-state index in [2.05, 4.69) is 10.1 Å². The number of ether oxygens (including phenoxy) is 1. The maximum Gasteiger partial charge on any atom is 0.338 e. The number of rotatable bonds is 5. The van der Waals surface area contributed by atoms with Gasteiger partial charge in [-0.1, -0.05) is 23.5 Å². The Labute approximate surface area is 194 Å². The summed E-state index contributed by atoms with van der Waals surface area (Å²) in [5.41, 5.74) is 4.00. The highest BCUT2D eigenvalue weighted by Crippen LogP contribution is 2.31. The molecule has 1 unspecified atom stereocenters. The first-order valence-corrected chi connectivity index (χ1v) is 11.6. The summed E-state index contributed by atoms with van der Waals surface area (Å²) in [7, 11) is 0. The summed E-state index contributed by atoms with van der Waals surface area (Å²) in [5.74, 6) is -0.412. The van der Waals surface area contributed by atoms with Crippen molar-refractivity contribution in [3.05, 3.63) is 77.7 Å². The van der Waals surface area contributed by atoms with Crippen LogP contribution < -0.4 is 14.9 Å². The third-order valence-corrected chi connectivity index (χ3v) is 6.72. The molecule has 0 spiro atoms. The third-order valence-electron chi connectivity index (χ3n) is 5.74. The van der Waals surface area contributed by atoms with Crippen LogP contribution in [0, 0.1) is 13.8 Å². The fourth-order valence-corrected chi connectivity index (χ4v) is 5.15. The van der Waals surface area contributed by atoms with Gasteiger partial charge < -0.3 is 9.84 Å². The van der Waals surface area contributed by atoms with Gasteiger partial charge in [0.25, 0.3) is 5.56 Å². The molecule has 4 rings (SSSR count). The fraction of sp³-hybridized carbons (Fsp3) is 0.333. The lowest BCUT2D eigenvalue weighted by Gasteiger charge is -2.24. The van der Waals surface area contributed by atoms with Crippen LogP contribution >= 0.6 is 11.3 Å². The molecule has 0 aliphatic carbocycles. The van der Waals surface area contributed by atoms with Gasteiger partial charge in [-0.15, -0.1) is 0 Å². The van der Waals surface area contributed by atoms with E-state index in [-0.39, 0.29) is 17.9 Å². The molecule has 8 nitrogen and oxygen atoms in total. The third kappa shape index (κ3) is 3.93. The summed E-state index contributed by atoms with van der Waals surface area (Å²) in [6, 6.07) is 5.77. The second-order valence-electron chi connectivity index (χ2n) is 7.79. The number of thiazole rings is 1. The van der Waals surface area contributed by atoms with E-state index in [0.29, 0.717) is 26.2 Å². The van der Waals surface area contributed by atoms with Crippen molar-refractivity contribution in [1.29, 1.82) is 0 Å². The van der Waals surface area contributed by atoms with Crippen molar-refractivity contribution >= 4 is 23.4 Å². The average Bonchev–Trinajstić information content (AvgIpc) is 3.23. The van der Waals surface area contributed by atoms with Gasteiger partial charge in [0.2, 0.25) is 0 Å². The van der Waals surface area contributed by atoms with Crippen molar-refractivity contribution in [3.8, 4) is 5.75 Å². The molecule has 1 aliphatic rings. The van der Waals surface area contributed by atoms with Gasteiger partial charge in [0.05, 0.1) is 34.1 Å². The Balaban J connectivity index is 1.97. The highest BCUT2D eigenvalue weighted by molar-refractivity contribution is 7.07. The summed E-state index contributed by atoms with van der Waals surface area (Å²) in [5, 5.41) is 14.3. The van der Waals surface area contributed by atoms with Crippen LogP contribution in [0.4, 0.5) is 0 Å². The predicted molar refractivity (Wildman–Crippen MR) is 126 cm³/mol. The maximum atomic E-state index is 13.6. The van der Waals surface area contributed by atoms with Crippen molar-refractivity contribution < 1.29 is 14.6 Å². The first kappa shape index (κ1) is 22.7. The van der Waals surface area contributed by atoms with Crippen molar-refractivity contribution in [2.45, 2.75) is 47.2 Å². The SMILES string of the molecule is CCOC(=O)C1=C(C)N=c2s/c(=C\c3c(C)nn(CC)c3C)c(=O)n2C1c1ccc(O)cc1. The molecule has 0 amide bonds. The molecule has 3 heterocycles. The number of esters is 1. The molecule has 0 fully saturated rings. The van der Waals surface area contributed by atoms with E-state index in [0.717, 1.165) is 23.5 Å². The predicted octanol–water partition coefficient (Wildman–Crippen LogP) is 2.34. The van der Waals surface area contributed by atoms with E-state index >= 15 is 0 Å². The van der Waals surface area contributed by atoms with Gasteiger partial charge in [0.15, 0.2) is 4.80 Å². The number of allylic oxidation sites excluding steroid dienone is 1. The van der Waals surface area contributed by atoms with Gasteiger partial charge in [-0.2, -0.15) is 5.10 Å². The van der Waals surface area contributed by atoms with Gasteiger partial charge in [0, 0.05) is 17.8 Å². The van der Waals surface area contributed by atoms with Gasteiger partial charge in [-0.25, -0.2) is 9.79 Å². The number of carbonyl (C=O) groups excluding carboxylic acids is 1. The first-order chi connectivity index (χ1) is 15.8. The summed E-state index contributed by atoms with van der Waals surface area (Å²) in [6.07, 6.45) is 1.85. The molecular formula is C24H26N4O4S. The lowest BCUT2D eigenvalue weighted by Crippen LogP contribution is -2.39. The molecule has 3 aromatic rings. The van der Waals surface area contributed by atoms with Crippen LogP contribution in [0.5, 0.6) is 5.75 Å². The van der Waals surface area contributed by atoms with Crippen LogP contribution in [0.15, 0.2) is 45.3 Å². The lowest BCUT2D eigenvalue weighted by molar-refractivity contribution is -0.139. The number of fused-ring (bicyclic) bond motifs is 1. The van der Waals surface area contributed by atoms with Crippen LogP contribution in [0.2, 0.25) is 0 Å². The zero-order chi connectivity index (χ0) is 23.9. The molecule has 0 saturated heterocycles. The van der Waals surface area contributed by atoms with Crippen LogP contribution in [0.1, 0.15) is 49.3 Å². The Hall–Kier alpha value is -3.46. The molecule has 2 aromatic heterocycles. The number of aromatic nitrogens is 3. The molecule has 0 saturated carbocycles. The molecule has 1 aromatic carbocycles. The highest BCUT2D eigenvalue weighted by Gasteiger charge is 2.33. The zero-order valence-electron chi connectivity index (χ0n) is 19.2. The van der Waals surface area contributed by atoms with Gasteiger partial charge in [0.1, 0.15) is 5.75 Å². The average molecular weight is 467 g/mol. The first-order valence-electron chi connectivity index (χ1n) is 10.8. The Bertz CT molecular complexity index is 1440. The summed E-state index contributed by atoms with van der Waals surface area (Å²) >= 11 is 1.28. The van der Waals surface area contributed by atoms with Crippen LogP contribution in [-0.2, 0) is 16.1 Å². The number of benzene rings is 1. The smallest absolute Gasteiger partial charge is 0.338 e. The van der Waals surface area contributed by atoms with Gasteiger partial charge in [-0.05, 0) is 58.4 Å². The topological polar surface area (TPSA) is 98.7 Å². The fourth-order valence-electron chi connectivity index (χ4n) is 4.12. The number of hydrogen-bond acceptors (Lipinski definition) is 7. The molecule has 33 heavy (non-hydrogen) atoms. The quantitative estimate of drug-likeness (QED) is 0.582. The Morgan fingerprint density at radius 3 is 2.52 bits per heavy atom. The number of phenolic OH excluding ortho intramolecular Hbond substituents is 1. The van der Waals surface area contributed by atoms with E-state index in [9.17, 15) is 14.7 Å². The Kier molecular flexibility index (Phi) is 6.07. The largest absolute Gasteiger partial charge is 0.508 e. The Morgan fingerprint density at radius 2 is 1.91 bits per heavy atom. The normalized spacial score (nSPS) is 16.0. The maximum absolute atomic E-state index is 13.6. The van der Waals surface area contributed by atoms with Gasteiger partial charge >= 0.3 is 5.97 Å². The minimum absolute atomic E-state index is 0.100. The van der Waals surface area contributed by atoms with Crippen molar-refractivity contribution in [3.63, 3.8) is 0 Å². The molecule has 1 aliphatic heterocycles. The Morgan fingerprint density at radius 1 is 1.21 bits per heavy atom. The van der Waals surface area contributed by atoms with Crippen molar-refractivity contribution in [2.75, 3.05) is 6.61 Å². The molecule has 0 radical (unpaired) electrons. The van der Waals surface area contributed by atoms with Crippen molar-refractivity contribution in [2.24, 2.45) is 4.99 Å². The second-order valence-corrected chi connectivity index (χ2v) is 8.80. The van der Waals surface area contributed by atoms with E-state index in [1.165, 1.54) is 28.0 Å².